The van der Waals surface area contributed by atoms with Gasteiger partial charge in [-0.25, -0.2) is 0 Å². The molecule has 1 aromatic rings. The van der Waals surface area contributed by atoms with Gasteiger partial charge in [0.1, 0.15) is 0 Å². The summed E-state index contributed by atoms with van der Waals surface area (Å²) in [7, 11) is 0. The van der Waals surface area contributed by atoms with Crippen molar-refractivity contribution in [1.29, 1.82) is 0 Å². The quantitative estimate of drug-likeness (QED) is 0.561. The van der Waals surface area contributed by atoms with Gasteiger partial charge in [0.05, 0.1) is 11.6 Å². The molecule has 122 valence electrons. The van der Waals surface area contributed by atoms with Crippen LogP contribution in [0.4, 0.5) is 5.69 Å². The number of hydrogen-bond acceptors (Lipinski definition) is 4. The number of benzene rings is 1. The Morgan fingerprint density at radius 3 is 2.77 bits per heavy atom. The van der Waals surface area contributed by atoms with E-state index in [9.17, 15) is 4.79 Å². The van der Waals surface area contributed by atoms with Crippen molar-refractivity contribution in [3.05, 3.63) is 28.8 Å². The first-order valence-electron chi connectivity index (χ1n) is 7.47. The van der Waals surface area contributed by atoms with Crippen LogP contribution in [-0.4, -0.2) is 36.8 Å². The summed E-state index contributed by atoms with van der Waals surface area (Å²) in [6.45, 7) is 5.72. The van der Waals surface area contributed by atoms with Crippen molar-refractivity contribution in [1.82, 2.24) is 5.32 Å². The van der Waals surface area contributed by atoms with Crippen LogP contribution in [0.25, 0.3) is 0 Å². The summed E-state index contributed by atoms with van der Waals surface area (Å²) in [6, 6.07) is 5.66. The maximum absolute atomic E-state index is 11.9. The Hall–Kier alpha value is -1.20. The van der Waals surface area contributed by atoms with Crippen molar-refractivity contribution in [2.45, 2.75) is 26.7 Å². The first-order chi connectivity index (χ1) is 10.6. The Morgan fingerprint density at radius 2 is 2.14 bits per heavy atom. The molecule has 0 aliphatic carbocycles. The molecule has 0 saturated heterocycles. The van der Waals surface area contributed by atoms with E-state index >= 15 is 0 Å². The molecule has 1 aromatic carbocycles. The number of rotatable bonds is 8. The van der Waals surface area contributed by atoms with Gasteiger partial charge in [0, 0.05) is 30.2 Å². The molecular weight excluding hydrogens is 318 g/mol. The van der Waals surface area contributed by atoms with Gasteiger partial charge < -0.3 is 10.6 Å². The lowest BCUT2D eigenvalue weighted by Gasteiger charge is -2.12. The molecule has 0 fully saturated rings. The molecule has 2 N–H and O–H groups in total. The topological polar surface area (TPSA) is 53.5 Å². The standard InChI is InChI=1S/C16H24ClN3OS/c1-4-12-10-13(17)6-7-14(12)20-11-15(21)19-9-8-16(22-3)18-5-2/h6-7,10,20H,4-5,8-9,11H2,1-3H3,(H,19,21). The van der Waals surface area contributed by atoms with Crippen LogP contribution in [0.5, 0.6) is 0 Å². The highest BCUT2D eigenvalue weighted by molar-refractivity contribution is 8.13. The van der Waals surface area contributed by atoms with E-state index in [4.69, 9.17) is 11.6 Å². The van der Waals surface area contributed by atoms with E-state index < -0.39 is 0 Å². The number of thioether (sulfide) groups is 1. The van der Waals surface area contributed by atoms with Gasteiger partial charge in [-0.1, -0.05) is 18.5 Å². The average Bonchev–Trinajstić information content (AvgIpc) is 2.52. The number of nitrogens with one attached hydrogen (secondary N) is 2. The maximum Gasteiger partial charge on any atom is 0.239 e. The lowest BCUT2D eigenvalue weighted by atomic mass is 10.1. The lowest BCUT2D eigenvalue weighted by molar-refractivity contribution is -0.119. The minimum atomic E-state index is -0.0195. The van der Waals surface area contributed by atoms with Crippen LogP contribution in [0.3, 0.4) is 0 Å². The summed E-state index contributed by atoms with van der Waals surface area (Å²) in [5, 5.41) is 7.85. The first-order valence-corrected chi connectivity index (χ1v) is 9.07. The molecule has 6 heteroatoms. The molecule has 0 unspecified atom stereocenters. The highest BCUT2D eigenvalue weighted by Gasteiger charge is 2.05. The van der Waals surface area contributed by atoms with E-state index in [0.717, 1.165) is 35.7 Å². The molecule has 0 aliphatic heterocycles. The van der Waals surface area contributed by atoms with Gasteiger partial charge in [0.2, 0.25) is 5.91 Å². The van der Waals surface area contributed by atoms with Gasteiger partial charge >= 0.3 is 0 Å². The number of anilines is 1. The normalized spacial score (nSPS) is 11.4. The predicted octanol–water partition coefficient (Wildman–Crippen LogP) is 3.60. The fourth-order valence-electron chi connectivity index (χ4n) is 2.00. The minimum Gasteiger partial charge on any atom is -0.376 e. The molecular formula is C16H24ClN3OS. The van der Waals surface area contributed by atoms with Crippen molar-refractivity contribution in [3.8, 4) is 0 Å². The number of carbonyl (C=O) groups is 1. The summed E-state index contributed by atoms with van der Waals surface area (Å²) in [5.41, 5.74) is 2.07. The van der Waals surface area contributed by atoms with Crippen molar-refractivity contribution in [2.75, 3.05) is 31.2 Å². The zero-order chi connectivity index (χ0) is 16.4. The summed E-state index contributed by atoms with van der Waals surface area (Å²) in [4.78, 5) is 16.2. The largest absolute Gasteiger partial charge is 0.376 e. The molecule has 4 nitrogen and oxygen atoms in total. The van der Waals surface area contributed by atoms with Crippen LogP contribution in [0, 0.1) is 0 Å². The number of halogens is 1. The highest BCUT2D eigenvalue weighted by Crippen LogP contribution is 2.20. The van der Waals surface area contributed by atoms with Crippen LogP contribution >= 0.6 is 23.4 Å². The molecule has 0 atom stereocenters. The zero-order valence-electron chi connectivity index (χ0n) is 13.4. The Labute approximate surface area is 142 Å². The molecule has 0 saturated carbocycles. The molecule has 0 spiro atoms. The SMILES string of the molecule is CCN=C(CCNC(=O)CNc1ccc(Cl)cc1CC)SC. The second-order valence-electron chi connectivity index (χ2n) is 4.68. The van der Waals surface area contributed by atoms with Gasteiger partial charge in [0.15, 0.2) is 0 Å². The summed E-state index contributed by atoms with van der Waals surface area (Å²) < 4.78 is 0. The van der Waals surface area contributed by atoms with Crippen LogP contribution in [-0.2, 0) is 11.2 Å². The highest BCUT2D eigenvalue weighted by atomic mass is 35.5. The minimum absolute atomic E-state index is 0.0195. The van der Waals surface area contributed by atoms with E-state index in [1.54, 1.807) is 11.8 Å². The second-order valence-corrected chi connectivity index (χ2v) is 6.00. The Kier molecular flexibility index (Phi) is 9.01. The van der Waals surface area contributed by atoms with Crippen LogP contribution in [0.15, 0.2) is 23.2 Å². The molecule has 0 aromatic heterocycles. The fraction of sp³-hybridized carbons (Fsp3) is 0.500. The third-order valence-electron chi connectivity index (χ3n) is 3.12. The smallest absolute Gasteiger partial charge is 0.239 e. The number of aliphatic imine (C=N–C) groups is 1. The van der Waals surface area contributed by atoms with Crippen molar-refractivity contribution in [3.63, 3.8) is 0 Å². The van der Waals surface area contributed by atoms with E-state index in [2.05, 4.69) is 22.5 Å². The second kappa shape index (κ2) is 10.5. The number of hydrogen-bond donors (Lipinski definition) is 2. The lowest BCUT2D eigenvalue weighted by Crippen LogP contribution is -2.31. The molecule has 1 amide bonds. The van der Waals surface area contributed by atoms with Gasteiger partial charge in [-0.05, 0) is 43.4 Å². The van der Waals surface area contributed by atoms with Crippen molar-refractivity contribution >= 4 is 40.0 Å². The van der Waals surface area contributed by atoms with E-state index in [-0.39, 0.29) is 12.5 Å². The molecule has 0 aliphatic rings. The van der Waals surface area contributed by atoms with Crippen LogP contribution < -0.4 is 10.6 Å². The molecule has 0 radical (unpaired) electrons. The Bertz CT molecular complexity index is 520. The van der Waals surface area contributed by atoms with Crippen molar-refractivity contribution in [2.24, 2.45) is 4.99 Å². The summed E-state index contributed by atoms with van der Waals surface area (Å²) >= 11 is 7.61. The van der Waals surface area contributed by atoms with E-state index in [0.29, 0.717) is 11.6 Å². The third-order valence-corrected chi connectivity index (χ3v) is 4.16. The van der Waals surface area contributed by atoms with Crippen LogP contribution in [0.1, 0.15) is 25.8 Å². The number of amides is 1. The number of aryl methyl sites for hydroxylation is 1. The fourth-order valence-corrected chi connectivity index (χ4v) is 2.76. The first kappa shape index (κ1) is 18.8. The molecule has 22 heavy (non-hydrogen) atoms. The maximum atomic E-state index is 11.9. The monoisotopic (exact) mass is 341 g/mol. The average molecular weight is 342 g/mol. The molecule has 0 bridgehead atoms. The van der Waals surface area contributed by atoms with Crippen LogP contribution in [0.2, 0.25) is 5.02 Å². The molecule has 0 heterocycles. The van der Waals surface area contributed by atoms with Gasteiger partial charge in [-0.2, -0.15) is 0 Å². The Balaban J connectivity index is 2.39. The van der Waals surface area contributed by atoms with Gasteiger partial charge in [-0.15, -0.1) is 11.8 Å². The molecule has 1 rings (SSSR count). The predicted molar refractivity (Wildman–Crippen MR) is 98.4 cm³/mol. The van der Waals surface area contributed by atoms with E-state index in [1.807, 2.05) is 31.4 Å². The number of carbonyl (C=O) groups excluding carboxylic acids is 1. The third kappa shape index (κ3) is 6.71. The van der Waals surface area contributed by atoms with Gasteiger partial charge in [0.25, 0.3) is 0 Å². The van der Waals surface area contributed by atoms with Gasteiger partial charge in [-0.3, -0.25) is 9.79 Å². The Morgan fingerprint density at radius 1 is 1.36 bits per heavy atom. The zero-order valence-corrected chi connectivity index (χ0v) is 15.0. The van der Waals surface area contributed by atoms with Crippen molar-refractivity contribution < 1.29 is 4.79 Å². The summed E-state index contributed by atoms with van der Waals surface area (Å²) in [5.74, 6) is -0.0195. The number of nitrogens with zero attached hydrogens (tertiary/aromatic N) is 1. The van der Waals surface area contributed by atoms with E-state index in [1.165, 1.54) is 0 Å². The summed E-state index contributed by atoms with van der Waals surface area (Å²) in [6.07, 6.45) is 3.65.